The number of rotatable bonds is 3. The molecule has 0 unspecified atom stereocenters. The third-order valence-corrected chi connectivity index (χ3v) is 4.80. The molecule has 2 aromatic carbocycles. The number of nitrogens with zero attached hydrogens (tertiary/aromatic N) is 2. The number of aromatic nitrogens is 3. The molecule has 0 aliphatic heterocycles. The number of halogens is 1. The summed E-state index contributed by atoms with van der Waals surface area (Å²) in [5, 5.41) is 18.9. The molecule has 0 saturated heterocycles. The van der Waals surface area contributed by atoms with E-state index in [9.17, 15) is 5.11 Å². The van der Waals surface area contributed by atoms with Crippen LogP contribution >= 0.6 is 15.9 Å². The number of aromatic amines is 1. The van der Waals surface area contributed by atoms with Crippen molar-refractivity contribution in [3.05, 3.63) is 58.7 Å². The summed E-state index contributed by atoms with van der Waals surface area (Å²) in [6, 6.07) is 15.6. The number of benzene rings is 2. The van der Waals surface area contributed by atoms with Crippen molar-refractivity contribution in [2.45, 2.75) is 6.92 Å². The highest BCUT2D eigenvalue weighted by molar-refractivity contribution is 9.10. The Labute approximate surface area is 153 Å². The summed E-state index contributed by atoms with van der Waals surface area (Å²) in [5.74, 6) is 0.894. The molecule has 2 N–H and O–H groups in total. The number of fused-ring (bicyclic) bond motifs is 1. The maximum atomic E-state index is 10.8. The predicted octanol–water partition coefficient (Wildman–Crippen LogP) is 4.81. The smallest absolute Gasteiger partial charge is 0.222 e. The lowest BCUT2D eigenvalue weighted by molar-refractivity contribution is 0.415. The van der Waals surface area contributed by atoms with E-state index in [0.29, 0.717) is 5.52 Å². The molecule has 126 valence electrons. The number of ether oxygens (including phenoxy) is 1. The Hall–Kier alpha value is -2.73. The van der Waals surface area contributed by atoms with Crippen LogP contribution in [0, 0.1) is 6.92 Å². The van der Waals surface area contributed by atoms with Crippen molar-refractivity contribution in [1.29, 1.82) is 0 Å². The molecule has 0 aliphatic rings. The predicted molar refractivity (Wildman–Crippen MR) is 102 cm³/mol. The third-order valence-electron chi connectivity index (χ3n) is 4.27. The lowest BCUT2D eigenvalue weighted by atomic mass is 10.1. The largest absolute Gasteiger partial charge is 0.497 e. The Morgan fingerprint density at radius 3 is 2.64 bits per heavy atom. The van der Waals surface area contributed by atoms with Crippen molar-refractivity contribution < 1.29 is 9.84 Å². The van der Waals surface area contributed by atoms with Crippen LogP contribution in [0.5, 0.6) is 11.6 Å². The molecule has 0 saturated carbocycles. The van der Waals surface area contributed by atoms with E-state index in [0.717, 1.165) is 38.2 Å². The van der Waals surface area contributed by atoms with Crippen molar-refractivity contribution in [2.75, 3.05) is 7.11 Å². The fraction of sp³-hybridized carbons (Fsp3) is 0.105. The highest BCUT2D eigenvalue weighted by Gasteiger charge is 2.23. The zero-order chi connectivity index (χ0) is 17.6. The standard InChI is InChI=1S/C19H16BrN3O2/c1-11-16-17(22-21-11)19(24)23(14-8-6-13(20)7-9-14)18(16)12-4-3-5-15(10-12)25-2/h3-10,22,24H,1-2H3. The fourth-order valence-electron chi connectivity index (χ4n) is 3.10. The molecule has 0 spiro atoms. The van der Waals surface area contributed by atoms with Crippen LogP contribution in [0.4, 0.5) is 0 Å². The summed E-state index contributed by atoms with van der Waals surface area (Å²) in [4.78, 5) is 0. The molecule has 0 atom stereocenters. The first-order valence-corrected chi connectivity index (χ1v) is 8.58. The average molecular weight is 398 g/mol. The molecule has 0 fully saturated rings. The van der Waals surface area contributed by atoms with Gasteiger partial charge in [0.2, 0.25) is 5.88 Å². The summed E-state index contributed by atoms with van der Waals surface area (Å²) >= 11 is 3.45. The Bertz CT molecular complexity index is 1060. The van der Waals surface area contributed by atoms with Gasteiger partial charge in [0.25, 0.3) is 0 Å². The maximum Gasteiger partial charge on any atom is 0.222 e. The van der Waals surface area contributed by atoms with E-state index in [1.165, 1.54) is 0 Å². The van der Waals surface area contributed by atoms with Crippen molar-refractivity contribution in [1.82, 2.24) is 14.8 Å². The van der Waals surface area contributed by atoms with Crippen molar-refractivity contribution in [3.8, 4) is 28.6 Å². The number of H-pyrrole nitrogens is 1. The normalized spacial score (nSPS) is 11.2. The van der Waals surface area contributed by atoms with Gasteiger partial charge in [-0.3, -0.25) is 9.67 Å². The maximum absolute atomic E-state index is 10.8. The van der Waals surface area contributed by atoms with Gasteiger partial charge in [0.05, 0.1) is 23.9 Å². The summed E-state index contributed by atoms with van der Waals surface area (Å²) in [6.45, 7) is 1.92. The second-order valence-electron chi connectivity index (χ2n) is 5.78. The molecular formula is C19H16BrN3O2. The SMILES string of the molecule is COc1cccc(-c2c3c(C)n[nH]c3c(O)n2-c2ccc(Br)cc2)c1. The average Bonchev–Trinajstić information content (AvgIpc) is 3.14. The second-order valence-corrected chi connectivity index (χ2v) is 6.69. The second kappa shape index (κ2) is 5.97. The molecule has 2 aromatic heterocycles. The monoisotopic (exact) mass is 397 g/mol. The molecule has 0 amide bonds. The van der Waals surface area contributed by atoms with Crippen molar-refractivity contribution in [3.63, 3.8) is 0 Å². The molecule has 0 radical (unpaired) electrons. The molecule has 0 aliphatic carbocycles. The molecule has 25 heavy (non-hydrogen) atoms. The van der Waals surface area contributed by atoms with Gasteiger partial charge in [-0.2, -0.15) is 5.10 Å². The molecule has 4 rings (SSSR count). The van der Waals surface area contributed by atoms with E-state index in [1.807, 2.05) is 60.0 Å². The van der Waals surface area contributed by atoms with E-state index in [4.69, 9.17) is 4.74 Å². The summed E-state index contributed by atoms with van der Waals surface area (Å²) in [5.41, 5.74) is 4.14. The Kier molecular flexibility index (Phi) is 3.77. The highest BCUT2D eigenvalue weighted by Crippen LogP contribution is 2.41. The van der Waals surface area contributed by atoms with E-state index >= 15 is 0 Å². The molecule has 2 heterocycles. The van der Waals surface area contributed by atoms with Crippen LogP contribution in [0.15, 0.2) is 53.0 Å². The first-order chi connectivity index (χ1) is 12.1. The lowest BCUT2D eigenvalue weighted by Gasteiger charge is -2.12. The van der Waals surface area contributed by atoms with Crippen LogP contribution in [0.2, 0.25) is 0 Å². The van der Waals surface area contributed by atoms with E-state index < -0.39 is 0 Å². The molecule has 0 bridgehead atoms. The van der Waals surface area contributed by atoms with Crippen molar-refractivity contribution in [2.24, 2.45) is 0 Å². The molecular weight excluding hydrogens is 382 g/mol. The van der Waals surface area contributed by atoms with Gasteiger partial charge in [-0.1, -0.05) is 28.1 Å². The number of hydrogen-bond acceptors (Lipinski definition) is 3. The van der Waals surface area contributed by atoms with E-state index in [2.05, 4.69) is 26.1 Å². The highest BCUT2D eigenvalue weighted by atomic mass is 79.9. The van der Waals surface area contributed by atoms with Crippen LogP contribution in [0.3, 0.4) is 0 Å². The van der Waals surface area contributed by atoms with Gasteiger partial charge in [-0.25, -0.2) is 0 Å². The number of aromatic hydroxyl groups is 1. The Balaban J connectivity index is 2.08. The third kappa shape index (κ3) is 2.49. The zero-order valence-electron chi connectivity index (χ0n) is 13.7. The van der Waals surface area contributed by atoms with Crippen LogP contribution in [-0.2, 0) is 0 Å². The van der Waals surface area contributed by atoms with E-state index in [-0.39, 0.29) is 5.88 Å². The van der Waals surface area contributed by atoms with Gasteiger partial charge >= 0.3 is 0 Å². The molecule has 6 heteroatoms. The minimum Gasteiger partial charge on any atom is -0.497 e. The topological polar surface area (TPSA) is 63.1 Å². The quantitative estimate of drug-likeness (QED) is 0.521. The molecule has 5 nitrogen and oxygen atoms in total. The fourth-order valence-corrected chi connectivity index (χ4v) is 3.36. The minimum absolute atomic E-state index is 0.135. The first kappa shape index (κ1) is 15.8. The van der Waals surface area contributed by atoms with Gasteiger partial charge in [-0.05, 0) is 43.3 Å². The van der Waals surface area contributed by atoms with Gasteiger partial charge in [0, 0.05) is 15.7 Å². The summed E-state index contributed by atoms with van der Waals surface area (Å²) in [7, 11) is 1.64. The minimum atomic E-state index is 0.135. The van der Waals surface area contributed by atoms with Crippen molar-refractivity contribution >= 4 is 26.8 Å². The first-order valence-electron chi connectivity index (χ1n) is 7.79. The lowest BCUT2D eigenvalue weighted by Crippen LogP contribution is -1.97. The van der Waals surface area contributed by atoms with E-state index in [1.54, 1.807) is 7.11 Å². The number of aryl methyl sites for hydroxylation is 1. The number of hydrogen-bond donors (Lipinski definition) is 2. The summed E-state index contributed by atoms with van der Waals surface area (Å²) < 4.78 is 8.18. The number of methoxy groups -OCH3 is 1. The number of nitrogens with one attached hydrogen (secondary N) is 1. The van der Waals surface area contributed by atoms with Gasteiger partial charge < -0.3 is 9.84 Å². The van der Waals surface area contributed by atoms with Crippen LogP contribution < -0.4 is 4.74 Å². The van der Waals surface area contributed by atoms with Gasteiger partial charge in [0.1, 0.15) is 11.3 Å². The van der Waals surface area contributed by atoms with Gasteiger partial charge in [0.15, 0.2) is 0 Å². The van der Waals surface area contributed by atoms with Crippen LogP contribution in [0.25, 0.3) is 27.8 Å². The summed E-state index contributed by atoms with van der Waals surface area (Å²) in [6.07, 6.45) is 0. The zero-order valence-corrected chi connectivity index (χ0v) is 15.3. The Morgan fingerprint density at radius 2 is 1.92 bits per heavy atom. The van der Waals surface area contributed by atoms with Gasteiger partial charge in [-0.15, -0.1) is 0 Å². The van der Waals surface area contributed by atoms with Crippen LogP contribution in [-0.4, -0.2) is 27.0 Å². The Morgan fingerprint density at radius 1 is 1.16 bits per heavy atom. The molecule has 4 aromatic rings. The van der Waals surface area contributed by atoms with Crippen LogP contribution in [0.1, 0.15) is 5.69 Å².